The minimum atomic E-state index is -1.50. The normalized spacial score (nSPS) is 15.8. The Labute approximate surface area is 232 Å². The Hall–Kier alpha value is -4.92. The van der Waals surface area contributed by atoms with Gasteiger partial charge in [0, 0.05) is 41.4 Å². The number of hydrogen-bond acceptors (Lipinski definition) is 4. The minimum absolute atomic E-state index is 0.130. The highest BCUT2D eigenvalue weighted by atomic mass is 16.2. The van der Waals surface area contributed by atoms with E-state index in [-0.39, 0.29) is 37.3 Å². The first-order valence-electron chi connectivity index (χ1n) is 13.2. The SMILES string of the molecule is CC(C)N(C(=O)CN1CCN(c2ccccc2)C(=O)C(NC(=O)c2cc3ccccc3[nH]2)C1=O)c1ccccc1. The van der Waals surface area contributed by atoms with Crippen molar-refractivity contribution in [3.63, 3.8) is 0 Å². The Morgan fingerprint density at radius 1 is 0.900 bits per heavy atom. The quantitative estimate of drug-likeness (QED) is 0.352. The zero-order valence-electron chi connectivity index (χ0n) is 22.4. The van der Waals surface area contributed by atoms with Crippen LogP contribution in [0.4, 0.5) is 11.4 Å². The number of nitrogens with one attached hydrogen (secondary N) is 2. The summed E-state index contributed by atoms with van der Waals surface area (Å²) in [5, 5.41) is 3.48. The van der Waals surface area contributed by atoms with Crippen molar-refractivity contribution in [2.45, 2.75) is 25.9 Å². The lowest BCUT2D eigenvalue weighted by Gasteiger charge is -2.30. The molecule has 1 saturated heterocycles. The van der Waals surface area contributed by atoms with Gasteiger partial charge in [0.25, 0.3) is 17.7 Å². The van der Waals surface area contributed by atoms with Crippen molar-refractivity contribution in [3.05, 3.63) is 96.7 Å². The molecular weight excluding hydrogens is 506 g/mol. The number of carbonyl (C=O) groups excluding carboxylic acids is 4. The maximum absolute atomic E-state index is 13.8. The molecule has 9 heteroatoms. The van der Waals surface area contributed by atoms with Crippen LogP contribution in [-0.4, -0.2) is 65.2 Å². The maximum atomic E-state index is 13.8. The van der Waals surface area contributed by atoms with E-state index in [9.17, 15) is 19.2 Å². The summed E-state index contributed by atoms with van der Waals surface area (Å²) in [6.07, 6.45) is 0. The molecule has 2 N–H and O–H groups in total. The molecule has 1 atom stereocenters. The second-order valence-electron chi connectivity index (χ2n) is 9.95. The Kier molecular flexibility index (Phi) is 7.63. The number of nitrogens with zero attached hydrogens (tertiary/aromatic N) is 3. The second kappa shape index (κ2) is 11.4. The van der Waals surface area contributed by atoms with Crippen LogP contribution >= 0.6 is 0 Å². The summed E-state index contributed by atoms with van der Waals surface area (Å²) in [6.45, 7) is 3.87. The van der Waals surface area contributed by atoms with Gasteiger partial charge >= 0.3 is 0 Å². The van der Waals surface area contributed by atoms with Crippen LogP contribution in [0.2, 0.25) is 0 Å². The van der Waals surface area contributed by atoms with Gasteiger partial charge in [0.05, 0.1) is 0 Å². The van der Waals surface area contributed by atoms with Crippen molar-refractivity contribution >= 4 is 45.9 Å². The molecule has 1 unspecified atom stereocenters. The van der Waals surface area contributed by atoms with E-state index >= 15 is 0 Å². The number of benzene rings is 3. The number of aromatic amines is 1. The number of para-hydroxylation sites is 3. The molecular formula is C31H31N5O4. The van der Waals surface area contributed by atoms with Crippen LogP contribution < -0.4 is 15.1 Å². The summed E-state index contributed by atoms with van der Waals surface area (Å²) >= 11 is 0. The van der Waals surface area contributed by atoms with E-state index in [1.807, 2.05) is 74.5 Å². The summed E-state index contributed by atoms with van der Waals surface area (Å²) in [5.41, 5.74) is 2.32. The summed E-state index contributed by atoms with van der Waals surface area (Å²) in [5.74, 6) is -2.05. The fourth-order valence-electron chi connectivity index (χ4n) is 4.99. The van der Waals surface area contributed by atoms with Crippen LogP contribution in [0.1, 0.15) is 24.3 Å². The summed E-state index contributed by atoms with van der Waals surface area (Å²) in [6, 6.07) is 25.7. The molecule has 4 amide bonds. The smallest absolute Gasteiger partial charge is 0.268 e. The number of hydrogen-bond donors (Lipinski definition) is 2. The Balaban J connectivity index is 1.44. The van der Waals surface area contributed by atoms with Gasteiger partial charge in [-0.25, -0.2) is 0 Å². The molecule has 1 aromatic heterocycles. The van der Waals surface area contributed by atoms with Crippen molar-refractivity contribution in [1.82, 2.24) is 15.2 Å². The molecule has 3 aromatic carbocycles. The molecule has 40 heavy (non-hydrogen) atoms. The van der Waals surface area contributed by atoms with Crippen LogP contribution in [-0.2, 0) is 14.4 Å². The van der Waals surface area contributed by atoms with Gasteiger partial charge in [-0.1, -0.05) is 54.6 Å². The monoisotopic (exact) mass is 537 g/mol. The number of H-pyrrole nitrogens is 1. The van der Waals surface area contributed by atoms with Crippen molar-refractivity contribution in [1.29, 1.82) is 0 Å². The number of fused-ring (bicyclic) bond motifs is 1. The third kappa shape index (κ3) is 5.44. The predicted molar refractivity (Wildman–Crippen MR) is 154 cm³/mol. The Bertz CT molecular complexity index is 1500. The zero-order chi connectivity index (χ0) is 28.2. The molecule has 4 aromatic rings. The fourth-order valence-corrected chi connectivity index (χ4v) is 4.99. The third-order valence-electron chi connectivity index (χ3n) is 6.93. The highest BCUT2D eigenvalue weighted by Crippen LogP contribution is 2.21. The van der Waals surface area contributed by atoms with Gasteiger partial charge in [0.2, 0.25) is 5.91 Å². The first kappa shape index (κ1) is 26.7. The van der Waals surface area contributed by atoms with Crippen LogP contribution in [0.15, 0.2) is 91.0 Å². The maximum Gasteiger partial charge on any atom is 0.268 e. The van der Waals surface area contributed by atoms with E-state index in [0.717, 1.165) is 16.6 Å². The molecule has 5 rings (SSSR count). The lowest BCUT2D eigenvalue weighted by atomic mass is 10.2. The topological polar surface area (TPSA) is 106 Å². The minimum Gasteiger partial charge on any atom is -0.351 e. The number of carbonyl (C=O) groups is 4. The first-order chi connectivity index (χ1) is 19.3. The zero-order valence-corrected chi connectivity index (χ0v) is 22.4. The van der Waals surface area contributed by atoms with E-state index < -0.39 is 23.8 Å². The van der Waals surface area contributed by atoms with E-state index in [2.05, 4.69) is 10.3 Å². The molecule has 2 heterocycles. The van der Waals surface area contributed by atoms with Gasteiger partial charge in [-0.15, -0.1) is 0 Å². The largest absolute Gasteiger partial charge is 0.351 e. The molecule has 0 saturated carbocycles. The van der Waals surface area contributed by atoms with E-state index in [4.69, 9.17) is 0 Å². The number of rotatable bonds is 7. The van der Waals surface area contributed by atoms with Gasteiger partial charge in [-0.2, -0.15) is 0 Å². The summed E-state index contributed by atoms with van der Waals surface area (Å²) in [7, 11) is 0. The highest BCUT2D eigenvalue weighted by Gasteiger charge is 2.40. The van der Waals surface area contributed by atoms with Crippen LogP contribution in [0.3, 0.4) is 0 Å². The Morgan fingerprint density at radius 3 is 2.23 bits per heavy atom. The lowest BCUT2D eigenvalue weighted by Crippen LogP contribution is -2.55. The summed E-state index contributed by atoms with van der Waals surface area (Å²) in [4.78, 5) is 61.9. The van der Waals surface area contributed by atoms with Gasteiger partial charge < -0.3 is 25.0 Å². The number of amides is 4. The molecule has 0 aliphatic carbocycles. The number of aromatic nitrogens is 1. The first-order valence-corrected chi connectivity index (χ1v) is 13.2. The molecule has 9 nitrogen and oxygen atoms in total. The van der Waals surface area contributed by atoms with Gasteiger partial charge in [0.15, 0.2) is 6.04 Å². The summed E-state index contributed by atoms with van der Waals surface area (Å²) < 4.78 is 0. The van der Waals surface area contributed by atoms with Gasteiger partial charge in [-0.05, 0) is 50.2 Å². The number of anilines is 2. The van der Waals surface area contributed by atoms with Crippen molar-refractivity contribution in [2.24, 2.45) is 0 Å². The van der Waals surface area contributed by atoms with Gasteiger partial charge in [0.1, 0.15) is 12.2 Å². The van der Waals surface area contributed by atoms with Gasteiger partial charge in [-0.3, -0.25) is 19.2 Å². The molecule has 204 valence electrons. The molecule has 0 spiro atoms. The van der Waals surface area contributed by atoms with Crippen molar-refractivity contribution < 1.29 is 19.2 Å². The second-order valence-corrected chi connectivity index (χ2v) is 9.95. The highest BCUT2D eigenvalue weighted by molar-refractivity contribution is 6.15. The molecule has 0 bridgehead atoms. The Morgan fingerprint density at radius 2 is 1.55 bits per heavy atom. The van der Waals surface area contributed by atoms with E-state index in [0.29, 0.717) is 5.69 Å². The fraction of sp³-hybridized carbons (Fsp3) is 0.226. The lowest BCUT2D eigenvalue weighted by molar-refractivity contribution is -0.139. The predicted octanol–water partition coefficient (Wildman–Crippen LogP) is 3.58. The standard InChI is InChI=1S/C31H31N5O4/c1-21(2)36(24-14-7-4-8-15-24)27(37)20-34-17-18-35(23-12-5-3-6-13-23)31(40)28(30(34)39)33-29(38)26-19-22-11-9-10-16-25(22)32-26/h3-16,19,21,28,32H,17-18,20H2,1-2H3,(H,33,38). The molecule has 1 aliphatic heterocycles. The molecule has 1 fully saturated rings. The average molecular weight is 538 g/mol. The third-order valence-corrected chi connectivity index (χ3v) is 6.93. The van der Waals surface area contributed by atoms with Crippen LogP contribution in [0.5, 0.6) is 0 Å². The van der Waals surface area contributed by atoms with E-state index in [1.54, 1.807) is 35.2 Å². The average Bonchev–Trinajstić information content (AvgIpc) is 3.36. The van der Waals surface area contributed by atoms with Crippen LogP contribution in [0.25, 0.3) is 10.9 Å². The molecule has 0 radical (unpaired) electrons. The van der Waals surface area contributed by atoms with E-state index in [1.165, 1.54) is 9.80 Å². The molecule has 1 aliphatic rings. The van der Waals surface area contributed by atoms with Crippen LogP contribution in [0, 0.1) is 0 Å². The van der Waals surface area contributed by atoms with Crippen molar-refractivity contribution in [2.75, 3.05) is 29.4 Å². The van der Waals surface area contributed by atoms with Crippen molar-refractivity contribution in [3.8, 4) is 0 Å².